The van der Waals surface area contributed by atoms with Crippen LogP contribution < -0.4 is 173 Å². The van der Waals surface area contributed by atoms with Crippen LogP contribution in [0.5, 0.6) is 0 Å². The smallest absolute Gasteiger partial charge is 0.759 e. The first-order valence-corrected chi connectivity index (χ1v) is 4.42. The van der Waals surface area contributed by atoms with Crippen LogP contribution in [0.2, 0.25) is 0 Å². The van der Waals surface area contributed by atoms with Gasteiger partial charge < -0.3 is 14.3 Å². The number of nitrogens with zero attached hydrogens (tertiary/aromatic N) is 1. The van der Waals surface area contributed by atoms with Crippen molar-refractivity contribution < 1.29 is 211 Å². The Morgan fingerprint density at radius 3 is 0.941 bits per heavy atom. The predicted octanol–water partition coefficient (Wildman–Crippen LogP) is -15.4. The Labute approximate surface area is 225 Å². The summed E-state index contributed by atoms with van der Waals surface area (Å²) in [6, 6.07) is 0. The van der Waals surface area contributed by atoms with Crippen LogP contribution in [-0.4, -0.2) is 27.8 Å². The molecule has 12 nitrogen and oxygen atoms in total. The van der Waals surface area contributed by atoms with Crippen LogP contribution in [0.4, 0.5) is 0 Å². The number of hydrogen-bond donors (Lipinski definition) is 1. The van der Waals surface area contributed by atoms with Gasteiger partial charge in [-0.05, 0) is 0 Å². The largest absolute Gasteiger partial charge is 1.00 e. The van der Waals surface area contributed by atoms with Gasteiger partial charge in [0.25, 0.3) is 5.09 Å². The fraction of sp³-hybridized carbons (Fsp3) is 0. The molecular formula is HClK3NO11S. The molecule has 17 heteroatoms. The number of hydrogen-bond acceptors (Lipinski definition) is 10. The Balaban J connectivity index is -0.0000000247. The molecule has 0 aromatic carbocycles. The third kappa shape index (κ3) is 391. The molecule has 0 amide bonds. The van der Waals surface area contributed by atoms with Crippen LogP contribution in [0.25, 0.3) is 0 Å². The molecule has 0 saturated carbocycles. The Bertz CT molecular complexity index is 226. The van der Waals surface area contributed by atoms with Crippen molar-refractivity contribution in [3.63, 3.8) is 0 Å². The Morgan fingerprint density at radius 1 is 0.941 bits per heavy atom. The zero-order valence-electron chi connectivity index (χ0n) is 8.76. The fourth-order valence-electron chi connectivity index (χ4n) is 0. The minimum atomic E-state index is -5.17. The summed E-state index contributed by atoms with van der Waals surface area (Å²) in [5, 5.41) is 13.6. The molecule has 1 N–H and O–H groups in total. The van der Waals surface area contributed by atoms with Crippen molar-refractivity contribution in [2.45, 2.75) is 0 Å². The van der Waals surface area contributed by atoms with E-state index in [0.717, 1.165) is 0 Å². The monoisotopic (exact) mass is 375 g/mol. The first kappa shape index (κ1) is 37.4. The second kappa shape index (κ2) is 20.1. The van der Waals surface area contributed by atoms with Gasteiger partial charge >= 0.3 is 154 Å². The molecule has 0 fully saturated rings. The normalized spacial score (nSPS) is 8.35. The molecule has 0 aliphatic carbocycles. The van der Waals surface area contributed by atoms with Crippen molar-refractivity contribution >= 4 is 10.4 Å². The van der Waals surface area contributed by atoms with Gasteiger partial charge in [0.2, 0.25) is 0 Å². The van der Waals surface area contributed by atoms with E-state index in [2.05, 4.69) is 0 Å². The Morgan fingerprint density at radius 2 is 0.941 bits per heavy atom. The fourth-order valence-corrected chi connectivity index (χ4v) is 0. The zero-order valence-corrected chi connectivity index (χ0v) is 19.7. The minimum Gasteiger partial charge on any atom is -0.759 e. The SMILES string of the molecule is O=S(=O)([O-])[O-].O=[N+]([O-])O.[K+].[K+].[K+].[O-][Cl+3]([O-])([O-])[O-]. The van der Waals surface area contributed by atoms with Gasteiger partial charge in [-0.3, -0.25) is 8.42 Å². The molecule has 0 aromatic rings. The molecule has 0 rings (SSSR count). The van der Waals surface area contributed by atoms with Crippen molar-refractivity contribution in [2.75, 3.05) is 0 Å². The van der Waals surface area contributed by atoms with Gasteiger partial charge in [-0.1, -0.05) is 0 Å². The number of halogens is 1. The summed E-state index contributed by atoms with van der Waals surface area (Å²) in [7, 11) is -10.1. The van der Waals surface area contributed by atoms with E-state index in [0.29, 0.717) is 0 Å². The summed E-state index contributed by atoms with van der Waals surface area (Å²) < 4.78 is 68.1. The summed E-state index contributed by atoms with van der Waals surface area (Å²) in [5.41, 5.74) is 0. The van der Waals surface area contributed by atoms with E-state index in [1.807, 2.05) is 0 Å². The molecule has 0 aliphatic rings. The van der Waals surface area contributed by atoms with Gasteiger partial charge in [-0.2, -0.15) is 0 Å². The zero-order chi connectivity index (χ0) is 12.6. The van der Waals surface area contributed by atoms with Gasteiger partial charge in [0.15, 0.2) is 0 Å². The quantitative estimate of drug-likeness (QED) is 0.137. The second-order valence-electron chi connectivity index (χ2n) is 1.02. The maximum atomic E-state index is 8.52. The van der Waals surface area contributed by atoms with Crippen LogP contribution in [0, 0.1) is 20.4 Å². The van der Waals surface area contributed by atoms with E-state index in [9.17, 15) is 0 Å². The molecule has 0 atom stereocenters. The molecule has 0 aromatic heterocycles. The molecule has 0 spiro atoms. The van der Waals surface area contributed by atoms with Crippen molar-refractivity contribution in [1.82, 2.24) is 0 Å². The van der Waals surface area contributed by atoms with E-state index in [4.69, 9.17) is 51.5 Å². The Kier molecular flexibility index (Phi) is 44.2. The Hall–Kier alpha value is 4.11. The maximum absolute atomic E-state index is 8.52. The first-order valence-electron chi connectivity index (χ1n) is 1.85. The molecular weight excluding hydrogens is 375 g/mol. The van der Waals surface area contributed by atoms with Crippen LogP contribution in [0.3, 0.4) is 0 Å². The summed E-state index contributed by atoms with van der Waals surface area (Å²) in [4.78, 5) is 8.36. The molecule has 0 bridgehead atoms. The van der Waals surface area contributed by atoms with Crippen molar-refractivity contribution in [1.29, 1.82) is 0 Å². The standard InChI is InChI=1S/ClHO4.3K.HNO3.H2O4S/c2-1(3,4)5;;;;2-1(3)4;1-5(2,3)4/h(H,2,3,4,5);;;;(H,2,3,4);(H2,1,2,3,4)/q;3*+1;;/p-3. The van der Waals surface area contributed by atoms with E-state index in [1.54, 1.807) is 0 Å². The van der Waals surface area contributed by atoms with Gasteiger partial charge in [0.05, 0.1) is 0 Å². The molecule has 17 heavy (non-hydrogen) atoms. The van der Waals surface area contributed by atoms with Crippen molar-refractivity contribution in [3.8, 4) is 0 Å². The van der Waals surface area contributed by atoms with E-state index >= 15 is 0 Å². The van der Waals surface area contributed by atoms with Crippen LogP contribution in [0.1, 0.15) is 0 Å². The van der Waals surface area contributed by atoms with Gasteiger partial charge in [0, 0.05) is 10.4 Å². The topological polar surface area (TPSA) is 236 Å². The molecule has 0 aliphatic heterocycles. The first-order chi connectivity index (χ1) is 5.73. The molecule has 0 radical (unpaired) electrons. The minimum absolute atomic E-state index is 0. The van der Waals surface area contributed by atoms with Gasteiger partial charge in [-0.15, -0.1) is 20.4 Å². The molecule has 0 unspecified atom stereocenters. The van der Waals surface area contributed by atoms with E-state index < -0.39 is 25.7 Å². The average Bonchev–Trinajstić information content (AvgIpc) is 1.45. The van der Waals surface area contributed by atoms with E-state index in [-0.39, 0.29) is 154 Å². The molecule has 88 valence electrons. The van der Waals surface area contributed by atoms with E-state index in [1.165, 1.54) is 0 Å². The summed E-state index contributed by atoms with van der Waals surface area (Å²) in [6.07, 6.45) is 0. The summed E-state index contributed by atoms with van der Waals surface area (Å²) in [5.74, 6) is 0. The summed E-state index contributed by atoms with van der Waals surface area (Å²) >= 11 is 0. The predicted molar refractivity (Wildman–Crippen MR) is 19.3 cm³/mol. The molecule has 0 saturated heterocycles. The average molecular weight is 376 g/mol. The van der Waals surface area contributed by atoms with Crippen LogP contribution >= 0.6 is 0 Å². The van der Waals surface area contributed by atoms with Crippen molar-refractivity contribution in [3.05, 3.63) is 10.1 Å². The third-order valence-corrected chi connectivity index (χ3v) is 0. The van der Waals surface area contributed by atoms with Gasteiger partial charge in [0.1, 0.15) is 0 Å². The van der Waals surface area contributed by atoms with Gasteiger partial charge in [-0.25, -0.2) is 18.6 Å². The van der Waals surface area contributed by atoms with Crippen molar-refractivity contribution in [2.24, 2.45) is 0 Å². The second-order valence-corrected chi connectivity index (χ2v) is 2.60. The maximum Gasteiger partial charge on any atom is 1.00 e. The third-order valence-electron chi connectivity index (χ3n) is 0. The molecule has 0 heterocycles. The van der Waals surface area contributed by atoms with Crippen LogP contribution in [-0.2, 0) is 10.4 Å². The van der Waals surface area contributed by atoms with Crippen LogP contribution in [0.15, 0.2) is 0 Å². The summed E-state index contributed by atoms with van der Waals surface area (Å²) in [6.45, 7) is 0. The number of rotatable bonds is 0.